The van der Waals surface area contributed by atoms with E-state index in [4.69, 9.17) is 0 Å². The molecule has 2 unspecified atom stereocenters. The van der Waals surface area contributed by atoms with Gasteiger partial charge in [-0.05, 0) is 19.3 Å². The standard InChI is InChI=1S/C10H18O2/c1-2-6-10(8-11)7-4-3-5-9(10)12/h2,9,11-12H,1,3-8H2. The molecule has 0 radical (unpaired) electrons. The second-order valence-electron chi connectivity index (χ2n) is 3.77. The Kier molecular flexibility index (Phi) is 3.29. The lowest BCUT2D eigenvalue weighted by Gasteiger charge is -2.39. The average Bonchev–Trinajstić information content (AvgIpc) is 2.10. The molecule has 0 saturated heterocycles. The Hall–Kier alpha value is -0.340. The fourth-order valence-electron chi connectivity index (χ4n) is 2.06. The summed E-state index contributed by atoms with van der Waals surface area (Å²) in [6.07, 6.45) is 6.14. The molecule has 0 bridgehead atoms. The highest BCUT2D eigenvalue weighted by Crippen LogP contribution is 2.39. The topological polar surface area (TPSA) is 40.5 Å². The fourth-order valence-corrected chi connectivity index (χ4v) is 2.06. The normalized spacial score (nSPS) is 36.3. The maximum absolute atomic E-state index is 9.74. The summed E-state index contributed by atoms with van der Waals surface area (Å²) in [5.74, 6) is 0. The molecule has 0 aliphatic heterocycles. The second kappa shape index (κ2) is 4.06. The lowest BCUT2D eigenvalue weighted by molar-refractivity contribution is -0.0454. The number of rotatable bonds is 3. The van der Waals surface area contributed by atoms with E-state index in [0.29, 0.717) is 0 Å². The van der Waals surface area contributed by atoms with E-state index < -0.39 is 0 Å². The van der Waals surface area contributed by atoms with Crippen molar-refractivity contribution in [3.63, 3.8) is 0 Å². The molecule has 2 N–H and O–H groups in total. The van der Waals surface area contributed by atoms with Gasteiger partial charge < -0.3 is 10.2 Å². The van der Waals surface area contributed by atoms with Crippen LogP contribution in [0.15, 0.2) is 12.7 Å². The van der Waals surface area contributed by atoms with E-state index in [1.54, 1.807) is 6.08 Å². The largest absolute Gasteiger partial charge is 0.396 e. The molecule has 0 aromatic heterocycles. The van der Waals surface area contributed by atoms with Crippen LogP contribution < -0.4 is 0 Å². The van der Waals surface area contributed by atoms with Gasteiger partial charge in [0.15, 0.2) is 0 Å². The Balaban J connectivity index is 2.65. The van der Waals surface area contributed by atoms with E-state index in [0.717, 1.165) is 32.1 Å². The zero-order chi connectivity index (χ0) is 9.03. The molecule has 0 amide bonds. The minimum atomic E-state index is -0.339. The number of hydrogen-bond donors (Lipinski definition) is 2. The van der Waals surface area contributed by atoms with Crippen LogP contribution in [0.1, 0.15) is 32.1 Å². The number of hydrogen-bond acceptors (Lipinski definition) is 2. The van der Waals surface area contributed by atoms with Gasteiger partial charge in [0.2, 0.25) is 0 Å². The highest BCUT2D eigenvalue weighted by Gasteiger charge is 2.37. The predicted molar refractivity (Wildman–Crippen MR) is 48.8 cm³/mol. The van der Waals surface area contributed by atoms with Gasteiger partial charge in [0, 0.05) is 5.41 Å². The summed E-state index contributed by atoms with van der Waals surface area (Å²) in [6.45, 7) is 3.74. The van der Waals surface area contributed by atoms with Gasteiger partial charge >= 0.3 is 0 Å². The van der Waals surface area contributed by atoms with Crippen molar-refractivity contribution in [2.24, 2.45) is 5.41 Å². The third-order valence-corrected chi connectivity index (χ3v) is 2.97. The second-order valence-corrected chi connectivity index (χ2v) is 3.77. The summed E-state index contributed by atoms with van der Waals surface area (Å²) in [7, 11) is 0. The van der Waals surface area contributed by atoms with Crippen LogP contribution in [0.4, 0.5) is 0 Å². The average molecular weight is 170 g/mol. The minimum Gasteiger partial charge on any atom is -0.396 e. The quantitative estimate of drug-likeness (QED) is 0.630. The molecule has 2 nitrogen and oxygen atoms in total. The van der Waals surface area contributed by atoms with Gasteiger partial charge in [-0.3, -0.25) is 0 Å². The highest BCUT2D eigenvalue weighted by atomic mass is 16.3. The van der Waals surface area contributed by atoms with Crippen molar-refractivity contribution in [2.75, 3.05) is 6.61 Å². The SMILES string of the molecule is C=CCC1(CO)CCCCC1O. The van der Waals surface area contributed by atoms with Gasteiger partial charge in [-0.2, -0.15) is 0 Å². The molecule has 1 fully saturated rings. The summed E-state index contributed by atoms with van der Waals surface area (Å²) in [4.78, 5) is 0. The first kappa shape index (κ1) is 9.75. The molecule has 1 rings (SSSR count). The van der Waals surface area contributed by atoms with Gasteiger partial charge in [0.25, 0.3) is 0 Å². The Morgan fingerprint density at radius 1 is 1.50 bits per heavy atom. The maximum Gasteiger partial charge on any atom is 0.0621 e. The third kappa shape index (κ3) is 1.70. The fraction of sp³-hybridized carbons (Fsp3) is 0.800. The lowest BCUT2D eigenvalue weighted by atomic mass is 9.70. The number of aliphatic hydroxyl groups excluding tert-OH is 2. The van der Waals surface area contributed by atoms with Gasteiger partial charge in [-0.15, -0.1) is 6.58 Å². The Labute approximate surface area is 73.9 Å². The van der Waals surface area contributed by atoms with Gasteiger partial charge in [0.1, 0.15) is 0 Å². The summed E-state index contributed by atoms with van der Waals surface area (Å²) < 4.78 is 0. The van der Waals surface area contributed by atoms with E-state index in [9.17, 15) is 10.2 Å². The molecular weight excluding hydrogens is 152 g/mol. The molecule has 12 heavy (non-hydrogen) atoms. The summed E-state index contributed by atoms with van der Waals surface area (Å²) in [5.41, 5.74) is -0.278. The third-order valence-electron chi connectivity index (χ3n) is 2.97. The first-order valence-electron chi connectivity index (χ1n) is 4.65. The monoisotopic (exact) mass is 170 g/mol. The van der Waals surface area contributed by atoms with E-state index in [1.165, 1.54) is 0 Å². The van der Waals surface area contributed by atoms with Crippen LogP contribution in [-0.4, -0.2) is 22.9 Å². The van der Waals surface area contributed by atoms with Crippen LogP contribution in [0.25, 0.3) is 0 Å². The first-order valence-corrected chi connectivity index (χ1v) is 4.65. The Morgan fingerprint density at radius 2 is 2.25 bits per heavy atom. The molecule has 1 saturated carbocycles. The number of allylic oxidation sites excluding steroid dienone is 1. The molecule has 70 valence electrons. The molecular formula is C10H18O2. The van der Waals surface area contributed by atoms with Crippen LogP contribution in [0.5, 0.6) is 0 Å². The summed E-state index contributed by atoms with van der Waals surface area (Å²) in [5, 5.41) is 19.0. The molecule has 2 heteroatoms. The molecule has 1 aliphatic carbocycles. The lowest BCUT2D eigenvalue weighted by Crippen LogP contribution is -2.40. The smallest absolute Gasteiger partial charge is 0.0621 e. The van der Waals surface area contributed by atoms with Gasteiger partial charge in [-0.1, -0.05) is 18.9 Å². The van der Waals surface area contributed by atoms with Crippen molar-refractivity contribution in [1.29, 1.82) is 0 Å². The molecule has 2 atom stereocenters. The zero-order valence-corrected chi connectivity index (χ0v) is 7.50. The van der Waals surface area contributed by atoms with E-state index in [2.05, 4.69) is 6.58 Å². The highest BCUT2D eigenvalue weighted by molar-refractivity contribution is 4.93. The Morgan fingerprint density at radius 3 is 2.75 bits per heavy atom. The van der Waals surface area contributed by atoms with Crippen molar-refractivity contribution in [3.8, 4) is 0 Å². The van der Waals surface area contributed by atoms with Crippen molar-refractivity contribution in [1.82, 2.24) is 0 Å². The van der Waals surface area contributed by atoms with Crippen LogP contribution in [0.2, 0.25) is 0 Å². The summed E-state index contributed by atoms with van der Waals surface area (Å²) >= 11 is 0. The van der Waals surface area contributed by atoms with E-state index in [-0.39, 0.29) is 18.1 Å². The van der Waals surface area contributed by atoms with Crippen LogP contribution in [0.3, 0.4) is 0 Å². The molecule has 0 spiro atoms. The molecule has 1 aliphatic rings. The maximum atomic E-state index is 9.74. The summed E-state index contributed by atoms with van der Waals surface area (Å²) in [6, 6.07) is 0. The van der Waals surface area contributed by atoms with E-state index >= 15 is 0 Å². The molecule has 0 aromatic rings. The van der Waals surface area contributed by atoms with Crippen LogP contribution >= 0.6 is 0 Å². The van der Waals surface area contributed by atoms with Crippen molar-refractivity contribution in [2.45, 2.75) is 38.2 Å². The first-order chi connectivity index (χ1) is 5.75. The zero-order valence-electron chi connectivity index (χ0n) is 7.50. The van der Waals surface area contributed by atoms with Crippen molar-refractivity contribution >= 4 is 0 Å². The van der Waals surface area contributed by atoms with Crippen LogP contribution in [0, 0.1) is 5.41 Å². The van der Waals surface area contributed by atoms with Crippen molar-refractivity contribution < 1.29 is 10.2 Å². The van der Waals surface area contributed by atoms with Crippen molar-refractivity contribution in [3.05, 3.63) is 12.7 Å². The predicted octanol–water partition coefficient (Wildman–Crippen LogP) is 1.48. The Bertz CT molecular complexity index is 156. The number of aliphatic hydroxyl groups is 2. The van der Waals surface area contributed by atoms with Gasteiger partial charge in [0.05, 0.1) is 12.7 Å². The molecule has 0 heterocycles. The minimum absolute atomic E-state index is 0.0835. The van der Waals surface area contributed by atoms with Gasteiger partial charge in [-0.25, -0.2) is 0 Å². The molecule has 0 aromatic carbocycles. The van der Waals surface area contributed by atoms with Crippen LogP contribution in [-0.2, 0) is 0 Å². The van der Waals surface area contributed by atoms with E-state index in [1.807, 2.05) is 0 Å².